The molecule has 1 fully saturated rings. The first-order valence-corrected chi connectivity index (χ1v) is 6.97. The van der Waals surface area contributed by atoms with Gasteiger partial charge in [0.15, 0.2) is 11.6 Å². The van der Waals surface area contributed by atoms with Gasteiger partial charge in [-0.15, -0.1) is 0 Å². The predicted octanol–water partition coefficient (Wildman–Crippen LogP) is -0.291. The summed E-state index contributed by atoms with van der Waals surface area (Å²) in [4.78, 5) is 13.3. The number of piperazine rings is 1. The van der Waals surface area contributed by atoms with Crippen LogP contribution in [0.2, 0.25) is 0 Å². The maximum atomic E-state index is 13.5. The van der Waals surface area contributed by atoms with Gasteiger partial charge in [-0.3, -0.25) is 10.2 Å². The fraction of sp³-hybridized carbons (Fsp3) is 0.400. The highest BCUT2D eigenvalue weighted by molar-refractivity contribution is 5.91. The molecule has 2 rings (SSSR count). The summed E-state index contributed by atoms with van der Waals surface area (Å²) in [6.07, 6.45) is 2.99. The summed E-state index contributed by atoms with van der Waals surface area (Å²) in [5.74, 6) is -0.454. The van der Waals surface area contributed by atoms with Crippen molar-refractivity contribution in [3.05, 3.63) is 35.7 Å². The predicted molar refractivity (Wildman–Crippen MR) is 78.3 cm³/mol. The molecule has 0 bridgehead atoms. The zero-order valence-electron chi connectivity index (χ0n) is 12.4. The first-order chi connectivity index (χ1) is 10.1. The van der Waals surface area contributed by atoms with Crippen molar-refractivity contribution in [2.45, 2.75) is 0 Å². The molecule has 21 heavy (non-hydrogen) atoms. The largest absolute Gasteiger partial charge is 0.494 e. The first kappa shape index (κ1) is 15.5. The number of carbonyl (C=O) groups excluding carboxylic acids is 1. The van der Waals surface area contributed by atoms with Crippen LogP contribution in [0.4, 0.5) is 4.39 Å². The summed E-state index contributed by atoms with van der Waals surface area (Å²) in [6.45, 7) is 3.69. The minimum atomic E-state index is -0.442. The van der Waals surface area contributed by atoms with Crippen molar-refractivity contribution in [2.75, 3.05) is 40.3 Å². The standard InChI is InChI=1S/C15H20FN3O2/c1-18-7-9-19(10-8-18)17-15(20)6-4-12-3-5-14(21-2)13(16)11-12/h3-6,11H,7-10H2,1-2H3,(H,17,20)/p+1/b6-4+. The topological polar surface area (TPSA) is 46.0 Å². The van der Waals surface area contributed by atoms with E-state index in [1.54, 1.807) is 12.1 Å². The van der Waals surface area contributed by atoms with Crippen LogP contribution in [0.3, 0.4) is 0 Å². The molecule has 5 nitrogen and oxygen atoms in total. The van der Waals surface area contributed by atoms with Crippen molar-refractivity contribution in [3.8, 4) is 5.75 Å². The molecule has 1 aromatic rings. The smallest absolute Gasteiger partial charge is 0.258 e. The van der Waals surface area contributed by atoms with Gasteiger partial charge in [-0.05, 0) is 23.8 Å². The fourth-order valence-corrected chi connectivity index (χ4v) is 2.15. The van der Waals surface area contributed by atoms with E-state index in [1.165, 1.54) is 30.2 Å². The monoisotopic (exact) mass is 294 g/mol. The number of nitrogens with one attached hydrogen (secondary N) is 2. The minimum Gasteiger partial charge on any atom is -0.494 e. The van der Waals surface area contributed by atoms with E-state index in [2.05, 4.69) is 12.5 Å². The van der Waals surface area contributed by atoms with Gasteiger partial charge in [0.1, 0.15) is 0 Å². The molecule has 0 unspecified atom stereocenters. The Morgan fingerprint density at radius 1 is 1.43 bits per heavy atom. The number of halogens is 1. The molecule has 0 aliphatic carbocycles. The van der Waals surface area contributed by atoms with Crippen LogP contribution in [0.1, 0.15) is 5.56 Å². The summed E-state index contributed by atoms with van der Waals surface area (Å²) in [5.41, 5.74) is 3.44. The van der Waals surface area contributed by atoms with Crippen LogP contribution < -0.4 is 15.1 Å². The van der Waals surface area contributed by atoms with E-state index in [0.717, 1.165) is 26.2 Å². The molecule has 0 spiro atoms. The maximum Gasteiger partial charge on any atom is 0.258 e. The molecule has 2 N–H and O–H groups in total. The number of carbonyl (C=O) groups is 1. The van der Waals surface area contributed by atoms with Crippen molar-refractivity contribution < 1.29 is 18.8 Å². The molecule has 1 heterocycles. The highest BCUT2D eigenvalue weighted by Crippen LogP contribution is 2.18. The number of benzene rings is 1. The lowest BCUT2D eigenvalue weighted by atomic mass is 10.2. The van der Waals surface area contributed by atoms with Crippen LogP contribution in [0.25, 0.3) is 6.08 Å². The van der Waals surface area contributed by atoms with Gasteiger partial charge in [-0.2, -0.15) is 0 Å². The van der Waals surface area contributed by atoms with E-state index in [1.807, 2.05) is 5.01 Å². The van der Waals surface area contributed by atoms with E-state index in [4.69, 9.17) is 4.74 Å². The van der Waals surface area contributed by atoms with Gasteiger partial charge in [-0.25, -0.2) is 9.40 Å². The van der Waals surface area contributed by atoms with Gasteiger partial charge in [-0.1, -0.05) is 6.07 Å². The maximum absolute atomic E-state index is 13.5. The SMILES string of the molecule is COc1ccc(/C=C/C(=O)NN2CC[NH+](C)CC2)cc1F. The van der Waals surface area contributed by atoms with E-state index < -0.39 is 5.82 Å². The molecule has 1 aromatic carbocycles. The molecular weight excluding hydrogens is 273 g/mol. The van der Waals surface area contributed by atoms with Gasteiger partial charge < -0.3 is 9.64 Å². The second-order valence-electron chi connectivity index (χ2n) is 5.15. The summed E-state index contributed by atoms with van der Waals surface area (Å²) >= 11 is 0. The minimum absolute atomic E-state index is 0.191. The number of likely N-dealkylation sites (N-methyl/N-ethyl adjacent to an activating group) is 1. The average Bonchev–Trinajstić information content (AvgIpc) is 2.48. The second-order valence-corrected chi connectivity index (χ2v) is 5.15. The van der Waals surface area contributed by atoms with E-state index in [0.29, 0.717) is 5.56 Å². The highest BCUT2D eigenvalue weighted by atomic mass is 19.1. The summed E-state index contributed by atoms with van der Waals surface area (Å²) in [7, 11) is 3.55. The number of methoxy groups -OCH3 is 1. The van der Waals surface area contributed by atoms with Crippen molar-refractivity contribution >= 4 is 12.0 Å². The number of hydrazine groups is 1. The van der Waals surface area contributed by atoms with E-state index in [-0.39, 0.29) is 11.7 Å². The molecular formula is C15H21FN3O2+. The molecule has 1 aliphatic rings. The quantitative estimate of drug-likeness (QED) is 0.750. The molecule has 114 valence electrons. The zero-order valence-corrected chi connectivity index (χ0v) is 12.4. The molecule has 1 aliphatic heterocycles. The Hall–Kier alpha value is -1.92. The number of quaternary nitrogens is 1. The zero-order chi connectivity index (χ0) is 15.2. The molecule has 0 atom stereocenters. The van der Waals surface area contributed by atoms with Crippen molar-refractivity contribution in [2.24, 2.45) is 0 Å². The van der Waals surface area contributed by atoms with Crippen LogP contribution in [0.5, 0.6) is 5.75 Å². The lowest BCUT2D eigenvalue weighted by molar-refractivity contribution is -0.884. The Balaban J connectivity index is 1.88. The van der Waals surface area contributed by atoms with Crippen molar-refractivity contribution in [1.29, 1.82) is 0 Å². The number of amides is 1. The van der Waals surface area contributed by atoms with Gasteiger partial charge in [0.05, 0.1) is 40.3 Å². The summed E-state index contributed by atoms with van der Waals surface area (Å²) in [6, 6.07) is 4.57. The van der Waals surface area contributed by atoms with Gasteiger partial charge in [0.25, 0.3) is 5.91 Å². The van der Waals surface area contributed by atoms with Crippen LogP contribution in [0.15, 0.2) is 24.3 Å². The van der Waals surface area contributed by atoms with Crippen LogP contribution in [0, 0.1) is 5.82 Å². The van der Waals surface area contributed by atoms with Gasteiger partial charge in [0.2, 0.25) is 0 Å². The normalized spacial score (nSPS) is 17.1. The van der Waals surface area contributed by atoms with Crippen LogP contribution >= 0.6 is 0 Å². The van der Waals surface area contributed by atoms with Gasteiger partial charge >= 0.3 is 0 Å². The van der Waals surface area contributed by atoms with Crippen molar-refractivity contribution in [1.82, 2.24) is 10.4 Å². The number of ether oxygens (including phenoxy) is 1. The molecule has 0 saturated carbocycles. The molecule has 6 heteroatoms. The Morgan fingerprint density at radius 2 is 2.14 bits per heavy atom. The van der Waals surface area contributed by atoms with Crippen LogP contribution in [-0.4, -0.2) is 51.3 Å². The molecule has 0 radical (unpaired) electrons. The Labute approximate surface area is 124 Å². The van der Waals surface area contributed by atoms with E-state index >= 15 is 0 Å². The van der Waals surface area contributed by atoms with Gasteiger partial charge in [0, 0.05) is 6.08 Å². The second kappa shape index (κ2) is 7.19. The molecule has 1 saturated heterocycles. The number of nitrogens with zero attached hydrogens (tertiary/aromatic N) is 1. The first-order valence-electron chi connectivity index (χ1n) is 6.97. The summed E-state index contributed by atoms with van der Waals surface area (Å²) < 4.78 is 18.4. The summed E-state index contributed by atoms with van der Waals surface area (Å²) in [5, 5.41) is 1.91. The Kier molecular flexibility index (Phi) is 5.30. The lowest BCUT2D eigenvalue weighted by Crippen LogP contribution is -3.12. The average molecular weight is 294 g/mol. The third kappa shape index (κ3) is 4.54. The van der Waals surface area contributed by atoms with Crippen LogP contribution in [-0.2, 0) is 4.79 Å². The fourth-order valence-electron chi connectivity index (χ4n) is 2.15. The van der Waals surface area contributed by atoms with E-state index in [9.17, 15) is 9.18 Å². The lowest BCUT2D eigenvalue weighted by Gasteiger charge is -2.29. The molecule has 1 amide bonds. The number of hydrogen-bond donors (Lipinski definition) is 2. The third-order valence-electron chi connectivity index (χ3n) is 3.49. The van der Waals surface area contributed by atoms with Crippen molar-refractivity contribution in [3.63, 3.8) is 0 Å². The highest BCUT2D eigenvalue weighted by Gasteiger charge is 2.17. The Morgan fingerprint density at radius 3 is 2.76 bits per heavy atom. The number of hydrogen-bond acceptors (Lipinski definition) is 3. The number of rotatable bonds is 4. The Bertz CT molecular complexity index is 526. The third-order valence-corrected chi connectivity index (χ3v) is 3.49. The molecule has 0 aromatic heterocycles.